The van der Waals surface area contributed by atoms with Crippen LogP contribution in [-0.2, 0) is 6.54 Å². The van der Waals surface area contributed by atoms with Crippen LogP contribution in [0, 0.1) is 0 Å². The van der Waals surface area contributed by atoms with Crippen molar-refractivity contribution in [3.05, 3.63) is 107 Å². The SMILES string of the molecule is COc1ccccc1NC(=O)c1cc2c(=O)n3ccccc3nc2n1Cc1ccccc1. The van der Waals surface area contributed by atoms with Gasteiger partial charge in [-0.1, -0.05) is 48.5 Å². The van der Waals surface area contributed by atoms with Gasteiger partial charge >= 0.3 is 0 Å². The summed E-state index contributed by atoms with van der Waals surface area (Å²) in [5.74, 6) is 0.201. The minimum atomic E-state index is -0.350. The number of rotatable bonds is 5. The van der Waals surface area contributed by atoms with Crippen LogP contribution in [0.15, 0.2) is 89.9 Å². The molecular weight excluding hydrogens is 404 g/mol. The number of pyridine rings is 1. The van der Waals surface area contributed by atoms with Gasteiger partial charge in [0.1, 0.15) is 22.7 Å². The number of aromatic nitrogens is 3. The number of carbonyl (C=O) groups excluding carboxylic acids is 1. The summed E-state index contributed by atoms with van der Waals surface area (Å²) in [5, 5.41) is 3.29. The predicted molar refractivity (Wildman–Crippen MR) is 123 cm³/mol. The zero-order chi connectivity index (χ0) is 22.1. The standard InChI is InChI=1S/C25H20N4O3/c1-32-21-12-6-5-11-19(21)26-24(30)20-15-18-23(29(20)16-17-9-3-2-4-10-17)27-22-13-7-8-14-28(22)25(18)31/h2-15H,16H2,1H3,(H,26,30). The maximum atomic E-state index is 13.3. The van der Waals surface area contributed by atoms with Crippen molar-refractivity contribution in [2.75, 3.05) is 12.4 Å². The predicted octanol–water partition coefficient (Wildman–Crippen LogP) is 3.96. The Kier molecular flexibility index (Phi) is 4.91. The summed E-state index contributed by atoms with van der Waals surface area (Å²) in [6.45, 7) is 0.397. The first-order valence-corrected chi connectivity index (χ1v) is 10.1. The first kappa shape index (κ1) is 19.6. The zero-order valence-electron chi connectivity index (χ0n) is 17.4. The van der Waals surface area contributed by atoms with E-state index in [0.29, 0.717) is 40.4 Å². The Labute approximate surface area is 183 Å². The summed E-state index contributed by atoms with van der Waals surface area (Å²) < 4.78 is 8.62. The van der Waals surface area contributed by atoms with Crippen LogP contribution in [0.4, 0.5) is 5.69 Å². The van der Waals surface area contributed by atoms with Crippen LogP contribution in [-0.4, -0.2) is 27.0 Å². The molecule has 5 rings (SSSR count). The lowest BCUT2D eigenvalue weighted by molar-refractivity contribution is 0.101. The molecule has 0 aliphatic rings. The second-order valence-electron chi connectivity index (χ2n) is 7.34. The molecule has 0 fully saturated rings. The van der Waals surface area contributed by atoms with Gasteiger partial charge in [0.25, 0.3) is 11.5 Å². The summed E-state index contributed by atoms with van der Waals surface area (Å²) >= 11 is 0. The van der Waals surface area contributed by atoms with Crippen molar-refractivity contribution >= 4 is 28.3 Å². The molecule has 7 heteroatoms. The molecule has 0 aliphatic heterocycles. The summed E-state index contributed by atoms with van der Waals surface area (Å²) in [5.41, 5.74) is 2.65. The molecule has 5 aromatic rings. The summed E-state index contributed by atoms with van der Waals surface area (Å²) in [6.07, 6.45) is 1.67. The lowest BCUT2D eigenvalue weighted by Crippen LogP contribution is -2.18. The van der Waals surface area contributed by atoms with Crippen LogP contribution in [0.1, 0.15) is 16.1 Å². The first-order chi connectivity index (χ1) is 15.7. The third kappa shape index (κ3) is 3.39. The van der Waals surface area contributed by atoms with Crippen LogP contribution in [0.3, 0.4) is 0 Å². The van der Waals surface area contributed by atoms with E-state index in [9.17, 15) is 9.59 Å². The van der Waals surface area contributed by atoms with E-state index >= 15 is 0 Å². The van der Waals surface area contributed by atoms with Gasteiger partial charge in [-0.25, -0.2) is 4.98 Å². The number of hydrogen-bond acceptors (Lipinski definition) is 4. The number of benzene rings is 2. The van der Waals surface area contributed by atoms with E-state index in [4.69, 9.17) is 9.72 Å². The zero-order valence-corrected chi connectivity index (χ0v) is 17.4. The largest absolute Gasteiger partial charge is 0.495 e. The molecule has 0 unspecified atom stereocenters. The third-order valence-electron chi connectivity index (χ3n) is 5.35. The van der Waals surface area contributed by atoms with Crippen molar-refractivity contribution in [2.45, 2.75) is 6.54 Å². The summed E-state index contributed by atoms with van der Waals surface area (Å²) in [6, 6.07) is 23.9. The summed E-state index contributed by atoms with van der Waals surface area (Å²) in [7, 11) is 1.55. The van der Waals surface area contributed by atoms with Gasteiger partial charge < -0.3 is 14.6 Å². The Hall–Kier alpha value is -4.39. The van der Waals surface area contributed by atoms with Crippen molar-refractivity contribution in [3.8, 4) is 5.75 Å². The number of hydrogen-bond donors (Lipinski definition) is 1. The van der Waals surface area contributed by atoms with Crippen LogP contribution < -0.4 is 15.6 Å². The molecule has 32 heavy (non-hydrogen) atoms. The minimum absolute atomic E-state index is 0.219. The maximum Gasteiger partial charge on any atom is 0.272 e. The number of anilines is 1. The molecule has 0 saturated carbocycles. The van der Waals surface area contributed by atoms with E-state index in [1.807, 2.05) is 48.5 Å². The Balaban J connectivity index is 1.69. The lowest BCUT2D eigenvalue weighted by Gasteiger charge is -2.13. The third-order valence-corrected chi connectivity index (χ3v) is 5.35. The highest BCUT2D eigenvalue weighted by Crippen LogP contribution is 2.25. The second-order valence-corrected chi connectivity index (χ2v) is 7.34. The number of nitrogens with one attached hydrogen (secondary N) is 1. The molecular formula is C25H20N4O3. The van der Waals surface area contributed by atoms with Gasteiger partial charge in [0.05, 0.1) is 18.2 Å². The maximum absolute atomic E-state index is 13.3. The van der Waals surface area contributed by atoms with Gasteiger partial charge in [0.2, 0.25) is 0 Å². The molecule has 3 aromatic heterocycles. The molecule has 0 bridgehead atoms. The topological polar surface area (TPSA) is 77.6 Å². The second kappa shape index (κ2) is 8.03. The number of nitrogens with zero attached hydrogens (tertiary/aromatic N) is 3. The van der Waals surface area contributed by atoms with Crippen molar-refractivity contribution in [1.82, 2.24) is 14.0 Å². The van der Waals surface area contributed by atoms with E-state index in [1.165, 1.54) is 4.40 Å². The lowest BCUT2D eigenvalue weighted by atomic mass is 10.2. The molecule has 158 valence electrons. The van der Waals surface area contributed by atoms with Crippen LogP contribution in [0.2, 0.25) is 0 Å². The number of ether oxygens (including phenoxy) is 1. The van der Waals surface area contributed by atoms with Crippen molar-refractivity contribution in [2.24, 2.45) is 0 Å². The number of amides is 1. The molecule has 0 radical (unpaired) electrons. The van der Waals surface area contributed by atoms with Gasteiger partial charge in [-0.3, -0.25) is 14.0 Å². The molecule has 3 heterocycles. The van der Waals surface area contributed by atoms with Crippen LogP contribution in [0.5, 0.6) is 5.75 Å². The average Bonchev–Trinajstić information content (AvgIpc) is 3.19. The molecule has 0 atom stereocenters. The fourth-order valence-corrected chi connectivity index (χ4v) is 3.80. The quantitative estimate of drug-likeness (QED) is 0.463. The Bertz CT molecular complexity index is 1500. The molecule has 0 spiro atoms. The monoisotopic (exact) mass is 424 g/mol. The highest BCUT2D eigenvalue weighted by atomic mass is 16.5. The molecule has 1 amide bonds. The number of methoxy groups -OCH3 is 1. The van der Waals surface area contributed by atoms with E-state index < -0.39 is 0 Å². The van der Waals surface area contributed by atoms with E-state index in [1.54, 1.807) is 48.2 Å². The van der Waals surface area contributed by atoms with Crippen LogP contribution >= 0.6 is 0 Å². The van der Waals surface area contributed by atoms with Gasteiger partial charge in [-0.2, -0.15) is 0 Å². The molecule has 0 saturated heterocycles. The molecule has 2 aromatic carbocycles. The van der Waals surface area contributed by atoms with Crippen LogP contribution in [0.25, 0.3) is 16.7 Å². The Morgan fingerprint density at radius 2 is 1.75 bits per heavy atom. The Morgan fingerprint density at radius 3 is 2.56 bits per heavy atom. The molecule has 0 aliphatic carbocycles. The van der Waals surface area contributed by atoms with Gasteiger partial charge in [0.15, 0.2) is 0 Å². The number of fused-ring (bicyclic) bond motifs is 2. The van der Waals surface area contributed by atoms with Gasteiger partial charge in [-0.15, -0.1) is 0 Å². The number of carbonyl (C=O) groups is 1. The van der Waals surface area contributed by atoms with Crippen molar-refractivity contribution < 1.29 is 9.53 Å². The molecule has 1 N–H and O–H groups in total. The highest BCUT2D eigenvalue weighted by Gasteiger charge is 2.21. The fourth-order valence-electron chi connectivity index (χ4n) is 3.80. The van der Waals surface area contributed by atoms with Gasteiger partial charge in [-0.05, 0) is 35.9 Å². The molecule has 7 nitrogen and oxygen atoms in total. The van der Waals surface area contributed by atoms with E-state index in [0.717, 1.165) is 5.56 Å². The average molecular weight is 424 g/mol. The van der Waals surface area contributed by atoms with Gasteiger partial charge in [0, 0.05) is 12.7 Å². The smallest absolute Gasteiger partial charge is 0.272 e. The summed E-state index contributed by atoms with van der Waals surface area (Å²) in [4.78, 5) is 31.2. The van der Waals surface area contributed by atoms with E-state index in [2.05, 4.69) is 5.32 Å². The van der Waals surface area contributed by atoms with Crippen molar-refractivity contribution in [1.29, 1.82) is 0 Å². The van der Waals surface area contributed by atoms with Crippen molar-refractivity contribution in [3.63, 3.8) is 0 Å². The number of para-hydroxylation sites is 2. The Morgan fingerprint density at radius 1 is 1.00 bits per heavy atom. The highest BCUT2D eigenvalue weighted by molar-refractivity contribution is 6.06. The minimum Gasteiger partial charge on any atom is -0.495 e. The van der Waals surface area contributed by atoms with E-state index in [-0.39, 0.29) is 11.5 Å². The fraction of sp³-hybridized carbons (Fsp3) is 0.0800. The normalized spacial score (nSPS) is 11.0. The first-order valence-electron chi connectivity index (χ1n) is 10.1.